The Hall–Kier alpha value is -4.05. The summed E-state index contributed by atoms with van der Waals surface area (Å²) < 4.78 is 27.3. The van der Waals surface area contributed by atoms with Crippen molar-refractivity contribution in [1.29, 1.82) is 0 Å². The van der Waals surface area contributed by atoms with E-state index >= 15 is 0 Å². The predicted octanol–water partition coefficient (Wildman–Crippen LogP) is 4.15. The quantitative estimate of drug-likeness (QED) is 0.266. The van der Waals surface area contributed by atoms with Gasteiger partial charge in [0.25, 0.3) is 0 Å². The third-order valence-corrected chi connectivity index (χ3v) is 6.33. The van der Waals surface area contributed by atoms with E-state index in [0.717, 1.165) is 11.1 Å². The van der Waals surface area contributed by atoms with Gasteiger partial charge in [-0.05, 0) is 80.0 Å². The normalized spacial score (nSPS) is 15.2. The second-order valence-electron chi connectivity index (χ2n) is 8.41. The lowest BCUT2D eigenvalue weighted by molar-refractivity contribution is -0.139. The van der Waals surface area contributed by atoms with Gasteiger partial charge in [-0.25, -0.2) is 9.59 Å². The first-order valence-electron chi connectivity index (χ1n) is 11.6. The van der Waals surface area contributed by atoms with Gasteiger partial charge in [0.05, 0.1) is 45.1 Å². The molecular weight excluding hydrogens is 496 g/mol. The minimum Gasteiger partial charge on any atom is -0.493 e. The van der Waals surface area contributed by atoms with Crippen molar-refractivity contribution >= 4 is 34.3 Å². The molecule has 194 valence electrons. The van der Waals surface area contributed by atoms with E-state index in [1.807, 2.05) is 19.1 Å². The van der Waals surface area contributed by atoms with Crippen LogP contribution < -0.4 is 30.5 Å². The monoisotopic (exact) mass is 524 g/mol. The SMILES string of the molecule is CCOC(=O)C1=C(C)NC(=S)NC1c1cc(C)c2oc(=O)c(-c3cc(OC)c(OC)c(OC)c3)cc2c1. The lowest BCUT2D eigenvalue weighted by Gasteiger charge is -2.30. The van der Waals surface area contributed by atoms with Crippen molar-refractivity contribution in [3.63, 3.8) is 0 Å². The standard InChI is InChI=1S/C27H28N2O7S/c1-7-35-26(31)21-14(3)28-27(37)29-22(21)16-8-13(2)23-17(9-16)10-18(25(30)36-23)15-11-19(32-4)24(34-6)20(12-15)33-5/h8-12,22H,7H2,1-6H3,(H2,28,29,37). The number of fused-ring (bicyclic) bond motifs is 1. The number of hydrogen-bond acceptors (Lipinski definition) is 8. The summed E-state index contributed by atoms with van der Waals surface area (Å²) in [5, 5.41) is 7.23. The molecule has 0 aliphatic carbocycles. The highest BCUT2D eigenvalue weighted by Crippen LogP contribution is 2.41. The van der Waals surface area contributed by atoms with Crippen LogP contribution in [0.2, 0.25) is 0 Å². The third-order valence-electron chi connectivity index (χ3n) is 6.11. The number of allylic oxidation sites excluding steroid dienone is 1. The van der Waals surface area contributed by atoms with Crippen molar-refractivity contribution < 1.29 is 28.2 Å². The van der Waals surface area contributed by atoms with E-state index in [4.69, 9.17) is 35.6 Å². The molecule has 1 aliphatic heterocycles. The van der Waals surface area contributed by atoms with Crippen LogP contribution in [0.15, 0.2) is 50.8 Å². The molecule has 0 bridgehead atoms. The van der Waals surface area contributed by atoms with Crippen LogP contribution in [0.3, 0.4) is 0 Å². The minimum absolute atomic E-state index is 0.243. The largest absolute Gasteiger partial charge is 0.493 e. The molecule has 0 saturated carbocycles. The number of ether oxygens (including phenoxy) is 4. The Balaban J connectivity index is 1.90. The van der Waals surface area contributed by atoms with Gasteiger partial charge in [0, 0.05) is 11.1 Å². The molecule has 1 unspecified atom stereocenters. The summed E-state index contributed by atoms with van der Waals surface area (Å²) in [6.07, 6.45) is 0. The number of methoxy groups -OCH3 is 3. The fraction of sp³-hybridized carbons (Fsp3) is 0.296. The summed E-state index contributed by atoms with van der Waals surface area (Å²) in [7, 11) is 4.52. The zero-order valence-corrected chi connectivity index (χ0v) is 22.3. The van der Waals surface area contributed by atoms with Crippen molar-refractivity contribution in [2.45, 2.75) is 26.8 Å². The summed E-state index contributed by atoms with van der Waals surface area (Å²) in [5.74, 6) is 0.795. The Morgan fingerprint density at radius 1 is 1.03 bits per heavy atom. The topological polar surface area (TPSA) is 108 Å². The number of carbonyl (C=O) groups excluding carboxylic acids is 1. The van der Waals surface area contributed by atoms with Crippen LogP contribution >= 0.6 is 12.2 Å². The summed E-state index contributed by atoms with van der Waals surface area (Å²) in [5.41, 5.74) is 3.32. The van der Waals surface area contributed by atoms with Gasteiger partial charge in [0.1, 0.15) is 5.58 Å². The lowest BCUT2D eigenvalue weighted by atomic mass is 9.92. The Kier molecular flexibility index (Phi) is 7.40. The van der Waals surface area contributed by atoms with E-state index < -0.39 is 17.6 Å². The van der Waals surface area contributed by atoms with Crippen LogP contribution in [0, 0.1) is 6.92 Å². The fourth-order valence-electron chi connectivity index (χ4n) is 4.47. The number of thiocarbonyl (C=S) groups is 1. The molecular formula is C27H28N2O7S. The van der Waals surface area contributed by atoms with Gasteiger partial charge in [-0.15, -0.1) is 0 Å². The molecule has 2 heterocycles. The molecule has 10 heteroatoms. The van der Waals surface area contributed by atoms with Crippen LogP contribution in [0.5, 0.6) is 17.2 Å². The van der Waals surface area contributed by atoms with Gasteiger partial charge in [0.15, 0.2) is 16.6 Å². The average molecular weight is 525 g/mol. The molecule has 0 radical (unpaired) electrons. The zero-order valence-electron chi connectivity index (χ0n) is 21.4. The van der Waals surface area contributed by atoms with Gasteiger partial charge in [0.2, 0.25) is 5.75 Å². The van der Waals surface area contributed by atoms with E-state index in [9.17, 15) is 9.59 Å². The first-order valence-corrected chi connectivity index (χ1v) is 12.0. The highest BCUT2D eigenvalue weighted by molar-refractivity contribution is 7.80. The number of esters is 1. The molecule has 1 aromatic heterocycles. The molecule has 1 atom stereocenters. The van der Waals surface area contributed by atoms with Gasteiger partial charge in [-0.1, -0.05) is 0 Å². The van der Waals surface area contributed by atoms with Crippen LogP contribution in [0.4, 0.5) is 0 Å². The molecule has 37 heavy (non-hydrogen) atoms. The van der Waals surface area contributed by atoms with E-state index in [1.54, 1.807) is 32.0 Å². The van der Waals surface area contributed by atoms with Crippen LogP contribution in [0.1, 0.15) is 31.0 Å². The second kappa shape index (κ2) is 10.5. The van der Waals surface area contributed by atoms with Gasteiger partial charge in [-0.2, -0.15) is 0 Å². The number of nitrogens with one attached hydrogen (secondary N) is 2. The summed E-state index contributed by atoms with van der Waals surface area (Å²) >= 11 is 5.36. The number of benzene rings is 2. The molecule has 3 aromatic rings. The maximum Gasteiger partial charge on any atom is 0.344 e. The van der Waals surface area contributed by atoms with Crippen molar-refractivity contribution in [2.75, 3.05) is 27.9 Å². The number of hydrogen-bond donors (Lipinski definition) is 2. The third kappa shape index (κ3) is 4.84. The van der Waals surface area contributed by atoms with E-state index in [1.165, 1.54) is 21.3 Å². The van der Waals surface area contributed by atoms with Gasteiger partial charge >= 0.3 is 11.6 Å². The fourth-order valence-corrected chi connectivity index (χ4v) is 4.74. The number of aryl methyl sites for hydroxylation is 1. The molecule has 2 N–H and O–H groups in total. The first kappa shape index (κ1) is 26.0. The molecule has 9 nitrogen and oxygen atoms in total. The molecule has 0 fully saturated rings. The van der Waals surface area contributed by atoms with Crippen LogP contribution in [0.25, 0.3) is 22.1 Å². The van der Waals surface area contributed by atoms with Crippen molar-refractivity contribution in [2.24, 2.45) is 0 Å². The molecule has 0 spiro atoms. The maximum atomic E-state index is 13.0. The zero-order chi connectivity index (χ0) is 26.9. The molecule has 0 saturated heterocycles. The Morgan fingerprint density at radius 2 is 1.70 bits per heavy atom. The van der Waals surface area contributed by atoms with E-state index in [-0.39, 0.29) is 6.61 Å². The van der Waals surface area contributed by atoms with Crippen LogP contribution in [-0.4, -0.2) is 39.0 Å². The smallest absolute Gasteiger partial charge is 0.344 e. The lowest BCUT2D eigenvalue weighted by Crippen LogP contribution is -2.45. The molecule has 1 aliphatic rings. The van der Waals surface area contributed by atoms with Crippen molar-refractivity contribution in [3.05, 3.63) is 63.1 Å². The minimum atomic E-state index is -0.549. The molecule has 0 amide bonds. The Labute approximate surface area is 219 Å². The Morgan fingerprint density at radius 3 is 2.30 bits per heavy atom. The highest BCUT2D eigenvalue weighted by Gasteiger charge is 2.31. The Bertz CT molecular complexity index is 1470. The highest BCUT2D eigenvalue weighted by atomic mass is 32.1. The summed E-state index contributed by atoms with van der Waals surface area (Å²) in [6, 6.07) is 8.31. The first-order chi connectivity index (χ1) is 17.7. The van der Waals surface area contributed by atoms with Crippen molar-refractivity contribution in [3.8, 4) is 28.4 Å². The summed E-state index contributed by atoms with van der Waals surface area (Å²) in [6.45, 7) is 5.62. The van der Waals surface area contributed by atoms with Gasteiger partial charge < -0.3 is 34.0 Å². The second-order valence-corrected chi connectivity index (χ2v) is 8.82. The molecule has 4 rings (SSSR count). The molecule has 2 aromatic carbocycles. The number of carbonyl (C=O) groups is 1. The summed E-state index contributed by atoms with van der Waals surface area (Å²) in [4.78, 5) is 25.8. The maximum absolute atomic E-state index is 13.0. The predicted molar refractivity (Wildman–Crippen MR) is 143 cm³/mol. The average Bonchev–Trinajstić information content (AvgIpc) is 2.87. The van der Waals surface area contributed by atoms with Gasteiger partial charge in [-0.3, -0.25) is 0 Å². The van der Waals surface area contributed by atoms with Crippen LogP contribution in [-0.2, 0) is 9.53 Å². The van der Waals surface area contributed by atoms with Crippen molar-refractivity contribution in [1.82, 2.24) is 10.6 Å². The number of rotatable bonds is 7. The van der Waals surface area contributed by atoms with E-state index in [2.05, 4.69) is 10.6 Å². The van der Waals surface area contributed by atoms with E-state index in [0.29, 0.717) is 55.7 Å².